The molecule has 0 aliphatic carbocycles. The van der Waals surface area contributed by atoms with E-state index in [2.05, 4.69) is 0 Å². The van der Waals surface area contributed by atoms with Crippen LogP contribution in [0.2, 0.25) is 0 Å². The van der Waals surface area contributed by atoms with Crippen molar-refractivity contribution in [2.24, 2.45) is 0 Å². The molecule has 0 aliphatic heterocycles. The molecule has 0 saturated carbocycles. The van der Waals surface area contributed by atoms with Gasteiger partial charge < -0.3 is 20.1 Å². The number of hydrogen-bond donors (Lipinski definition) is 3. The molecule has 0 spiro atoms. The highest BCUT2D eigenvalue weighted by Crippen LogP contribution is 2.24. The van der Waals surface area contributed by atoms with Crippen LogP contribution in [0, 0.1) is 0 Å². The maximum atomic E-state index is 12.1. The SMILES string of the molecule is O=C(/C=C/c1cc(O)ccc1O)c1ccccc1OCO. The maximum absolute atomic E-state index is 12.1. The number of carbonyl (C=O) groups excluding carboxylic acids is 1. The fourth-order valence-corrected chi connectivity index (χ4v) is 1.80. The lowest BCUT2D eigenvalue weighted by Crippen LogP contribution is -2.02. The van der Waals surface area contributed by atoms with E-state index in [0.717, 1.165) is 0 Å². The Morgan fingerprint density at radius 1 is 1.14 bits per heavy atom. The Balaban J connectivity index is 2.25. The Morgan fingerprint density at radius 3 is 2.67 bits per heavy atom. The summed E-state index contributed by atoms with van der Waals surface area (Å²) in [6.07, 6.45) is 2.65. The second-order valence-corrected chi connectivity index (χ2v) is 4.21. The normalized spacial score (nSPS) is 10.7. The quantitative estimate of drug-likeness (QED) is 0.340. The Morgan fingerprint density at radius 2 is 1.90 bits per heavy atom. The molecule has 0 saturated heterocycles. The molecule has 21 heavy (non-hydrogen) atoms. The van der Waals surface area contributed by atoms with Crippen LogP contribution in [-0.2, 0) is 0 Å². The number of ether oxygens (including phenoxy) is 1. The van der Waals surface area contributed by atoms with Gasteiger partial charge in [0.2, 0.25) is 0 Å². The number of carbonyl (C=O) groups is 1. The predicted octanol–water partition coefficient (Wildman–Crippen LogP) is 2.32. The Labute approximate surface area is 121 Å². The van der Waals surface area contributed by atoms with Gasteiger partial charge in [-0.15, -0.1) is 0 Å². The predicted molar refractivity (Wildman–Crippen MR) is 77.3 cm³/mol. The topological polar surface area (TPSA) is 87.0 Å². The van der Waals surface area contributed by atoms with Crippen molar-refractivity contribution in [3.05, 3.63) is 59.7 Å². The molecular formula is C16H14O5. The molecule has 0 unspecified atom stereocenters. The summed E-state index contributed by atoms with van der Waals surface area (Å²) < 4.78 is 4.96. The van der Waals surface area contributed by atoms with Crippen molar-refractivity contribution in [3.63, 3.8) is 0 Å². The van der Waals surface area contributed by atoms with E-state index in [-0.39, 0.29) is 23.0 Å². The van der Waals surface area contributed by atoms with E-state index in [1.54, 1.807) is 24.3 Å². The molecule has 0 aliphatic rings. The first-order valence-electron chi connectivity index (χ1n) is 6.19. The van der Waals surface area contributed by atoms with Crippen LogP contribution in [0.25, 0.3) is 6.08 Å². The fraction of sp³-hybridized carbons (Fsp3) is 0.0625. The number of aromatic hydroxyl groups is 2. The highest BCUT2D eigenvalue weighted by molar-refractivity contribution is 6.08. The molecule has 0 fully saturated rings. The summed E-state index contributed by atoms with van der Waals surface area (Å²) in [5.41, 5.74) is 0.617. The number of allylic oxidation sites excluding steroid dienone is 1. The first kappa shape index (κ1) is 14.6. The third-order valence-electron chi connectivity index (χ3n) is 2.80. The monoisotopic (exact) mass is 286 g/mol. The van der Waals surface area contributed by atoms with Crippen LogP contribution < -0.4 is 4.74 Å². The number of aliphatic hydroxyl groups excluding tert-OH is 1. The average Bonchev–Trinajstić information content (AvgIpc) is 2.49. The molecule has 0 heterocycles. The van der Waals surface area contributed by atoms with Gasteiger partial charge in [0, 0.05) is 5.56 Å². The highest BCUT2D eigenvalue weighted by atomic mass is 16.6. The lowest BCUT2D eigenvalue weighted by atomic mass is 10.1. The molecule has 2 aromatic rings. The van der Waals surface area contributed by atoms with E-state index >= 15 is 0 Å². The van der Waals surface area contributed by atoms with E-state index in [1.165, 1.54) is 30.4 Å². The summed E-state index contributed by atoms with van der Waals surface area (Å²) >= 11 is 0. The van der Waals surface area contributed by atoms with E-state index in [1.807, 2.05) is 0 Å². The third-order valence-corrected chi connectivity index (χ3v) is 2.80. The molecule has 108 valence electrons. The number of rotatable bonds is 5. The molecule has 0 bridgehead atoms. The largest absolute Gasteiger partial charge is 0.508 e. The zero-order valence-electron chi connectivity index (χ0n) is 11.1. The van der Waals surface area contributed by atoms with E-state index in [9.17, 15) is 15.0 Å². The van der Waals surface area contributed by atoms with Crippen LogP contribution in [0.3, 0.4) is 0 Å². The van der Waals surface area contributed by atoms with Crippen LogP contribution in [0.15, 0.2) is 48.5 Å². The van der Waals surface area contributed by atoms with E-state index in [4.69, 9.17) is 9.84 Å². The standard InChI is InChI=1S/C16H14O5/c17-10-21-16-4-2-1-3-13(16)15(20)7-5-11-9-12(18)6-8-14(11)19/h1-9,17-19H,10H2/b7-5+. The minimum absolute atomic E-state index is 0.0103. The lowest BCUT2D eigenvalue weighted by molar-refractivity contribution is 0.0939. The minimum Gasteiger partial charge on any atom is -0.508 e. The molecule has 2 rings (SSSR count). The summed E-state index contributed by atoms with van der Waals surface area (Å²) in [4.78, 5) is 12.1. The van der Waals surface area contributed by atoms with Gasteiger partial charge in [0.05, 0.1) is 5.56 Å². The van der Waals surface area contributed by atoms with Crippen molar-refractivity contribution in [2.45, 2.75) is 0 Å². The van der Waals surface area contributed by atoms with Crippen molar-refractivity contribution in [3.8, 4) is 17.2 Å². The van der Waals surface area contributed by atoms with Gasteiger partial charge in [-0.2, -0.15) is 0 Å². The number of benzene rings is 2. The Hall–Kier alpha value is -2.79. The van der Waals surface area contributed by atoms with Crippen LogP contribution >= 0.6 is 0 Å². The molecule has 0 amide bonds. The molecule has 5 nitrogen and oxygen atoms in total. The van der Waals surface area contributed by atoms with Gasteiger partial charge >= 0.3 is 0 Å². The van der Waals surface area contributed by atoms with Gasteiger partial charge in [-0.25, -0.2) is 0 Å². The van der Waals surface area contributed by atoms with E-state index < -0.39 is 6.79 Å². The van der Waals surface area contributed by atoms with Crippen molar-refractivity contribution in [2.75, 3.05) is 6.79 Å². The Bertz CT molecular complexity index is 676. The van der Waals surface area contributed by atoms with E-state index in [0.29, 0.717) is 11.1 Å². The summed E-state index contributed by atoms with van der Waals surface area (Å²) in [5, 5.41) is 27.8. The van der Waals surface area contributed by atoms with Crippen molar-refractivity contribution in [1.29, 1.82) is 0 Å². The van der Waals surface area contributed by atoms with Gasteiger partial charge in [-0.1, -0.05) is 12.1 Å². The van der Waals surface area contributed by atoms with Gasteiger partial charge in [-0.05, 0) is 42.5 Å². The smallest absolute Gasteiger partial charge is 0.189 e. The maximum Gasteiger partial charge on any atom is 0.189 e. The highest BCUT2D eigenvalue weighted by Gasteiger charge is 2.09. The molecular weight excluding hydrogens is 272 g/mol. The first-order valence-corrected chi connectivity index (χ1v) is 6.19. The minimum atomic E-state index is -0.526. The molecule has 2 aromatic carbocycles. The zero-order chi connectivity index (χ0) is 15.2. The van der Waals surface area contributed by atoms with Crippen molar-refractivity contribution < 1.29 is 24.9 Å². The number of aliphatic hydroxyl groups is 1. The molecule has 0 aromatic heterocycles. The number of phenols is 2. The third kappa shape index (κ3) is 3.61. The molecule has 0 atom stereocenters. The molecule has 0 radical (unpaired) electrons. The number of phenolic OH excluding ortho intramolecular Hbond substituents is 2. The number of ketones is 1. The van der Waals surface area contributed by atoms with Crippen molar-refractivity contribution >= 4 is 11.9 Å². The molecule has 3 N–H and O–H groups in total. The summed E-state index contributed by atoms with van der Waals surface area (Å²) in [6, 6.07) is 10.5. The first-order chi connectivity index (χ1) is 10.1. The average molecular weight is 286 g/mol. The van der Waals surface area contributed by atoms with Gasteiger partial charge in [0.1, 0.15) is 17.2 Å². The van der Waals surface area contributed by atoms with Crippen molar-refractivity contribution in [1.82, 2.24) is 0 Å². The summed E-state index contributed by atoms with van der Waals surface area (Å²) in [6.45, 7) is -0.526. The Kier molecular flexibility index (Phi) is 4.58. The molecule has 5 heteroatoms. The summed E-state index contributed by atoms with van der Waals surface area (Å²) in [5.74, 6) is -0.128. The number of hydrogen-bond acceptors (Lipinski definition) is 5. The van der Waals surface area contributed by atoms with Crippen LogP contribution in [-0.4, -0.2) is 27.9 Å². The second-order valence-electron chi connectivity index (χ2n) is 4.21. The number of para-hydroxylation sites is 1. The van der Waals surface area contributed by atoms with Crippen LogP contribution in [0.5, 0.6) is 17.2 Å². The lowest BCUT2D eigenvalue weighted by Gasteiger charge is -2.06. The van der Waals surface area contributed by atoms with Gasteiger partial charge in [0.15, 0.2) is 12.6 Å². The van der Waals surface area contributed by atoms with Crippen LogP contribution in [0.1, 0.15) is 15.9 Å². The van der Waals surface area contributed by atoms with Crippen LogP contribution in [0.4, 0.5) is 0 Å². The second kappa shape index (κ2) is 6.58. The summed E-state index contributed by atoms with van der Waals surface area (Å²) in [7, 11) is 0. The van der Waals surface area contributed by atoms with Gasteiger partial charge in [-0.3, -0.25) is 4.79 Å². The zero-order valence-corrected chi connectivity index (χ0v) is 11.1. The fourth-order valence-electron chi connectivity index (χ4n) is 1.80. The van der Waals surface area contributed by atoms with Gasteiger partial charge in [0.25, 0.3) is 0 Å².